The van der Waals surface area contributed by atoms with Crippen molar-refractivity contribution in [2.75, 3.05) is 5.88 Å². The number of aldehydes is 1. The predicted octanol–water partition coefficient (Wildman–Crippen LogP) is 3.71. The van der Waals surface area contributed by atoms with Gasteiger partial charge in [0.1, 0.15) is 11.5 Å². The van der Waals surface area contributed by atoms with Crippen LogP contribution in [0.15, 0.2) is 18.2 Å². The molecule has 0 saturated heterocycles. The van der Waals surface area contributed by atoms with E-state index in [1.807, 2.05) is 0 Å². The maximum Gasteiger partial charge on any atom is 0.573 e. The van der Waals surface area contributed by atoms with Crippen LogP contribution in [0.2, 0.25) is 0 Å². The summed E-state index contributed by atoms with van der Waals surface area (Å²) in [7, 11) is 0. The Balaban J connectivity index is 2.75. The number of rotatable bonds is 7. The summed E-state index contributed by atoms with van der Waals surface area (Å²) in [6, 6.07) is 2.88. The molecule has 1 rings (SSSR count). The number of benzene rings is 1. The molecular weight excluding hydrogens is 313 g/mol. The van der Waals surface area contributed by atoms with Crippen molar-refractivity contribution >= 4 is 23.9 Å². The topological polar surface area (TPSA) is 52.6 Å². The number of carbonyl (C=O) groups excluding carboxylic acids is 2. The average molecular weight is 325 g/mol. The van der Waals surface area contributed by atoms with Gasteiger partial charge in [-0.05, 0) is 31.0 Å². The summed E-state index contributed by atoms with van der Waals surface area (Å²) in [5.74, 6) is -0.856. The molecule has 0 amide bonds. The van der Waals surface area contributed by atoms with Gasteiger partial charge in [-0.15, -0.1) is 24.8 Å². The summed E-state index contributed by atoms with van der Waals surface area (Å²) in [6.07, 6.45) is -3.32. The number of carbonyl (C=O) groups is 2. The zero-order valence-corrected chi connectivity index (χ0v) is 11.5. The molecule has 0 spiro atoms. The van der Waals surface area contributed by atoms with Gasteiger partial charge in [-0.2, -0.15) is 0 Å². The molecule has 0 unspecified atom stereocenters. The summed E-state index contributed by atoms with van der Waals surface area (Å²) < 4.78 is 44.7. The van der Waals surface area contributed by atoms with Crippen LogP contribution in [0.1, 0.15) is 29.6 Å². The van der Waals surface area contributed by atoms with Crippen LogP contribution in [-0.2, 0) is 4.79 Å². The molecule has 0 N–H and O–H groups in total. The molecule has 8 heteroatoms. The lowest BCUT2D eigenvalue weighted by Crippen LogP contribution is -2.17. The third-order valence-electron chi connectivity index (χ3n) is 2.33. The Kier molecular flexibility index (Phi) is 6.48. The van der Waals surface area contributed by atoms with Crippen LogP contribution in [0.25, 0.3) is 0 Å². The Bertz CT molecular complexity index is 503. The monoisotopic (exact) mass is 324 g/mol. The number of ether oxygens (including phenoxy) is 2. The molecule has 0 aliphatic heterocycles. The molecule has 21 heavy (non-hydrogen) atoms. The minimum atomic E-state index is -4.86. The molecular formula is C13H12ClF3O4. The first-order chi connectivity index (χ1) is 9.85. The maximum atomic E-state index is 12.1. The zero-order chi connectivity index (χ0) is 15.9. The predicted molar refractivity (Wildman–Crippen MR) is 68.7 cm³/mol. The van der Waals surface area contributed by atoms with Crippen molar-refractivity contribution in [3.63, 3.8) is 0 Å². The molecule has 0 aliphatic rings. The molecule has 1 aromatic rings. The fourth-order valence-corrected chi connectivity index (χ4v) is 1.64. The van der Waals surface area contributed by atoms with Gasteiger partial charge in [-0.3, -0.25) is 9.59 Å². The van der Waals surface area contributed by atoms with Crippen LogP contribution in [0.4, 0.5) is 13.2 Å². The van der Waals surface area contributed by atoms with Gasteiger partial charge < -0.3 is 9.47 Å². The minimum absolute atomic E-state index is 0.103. The van der Waals surface area contributed by atoms with Crippen LogP contribution in [0, 0.1) is 0 Å². The summed E-state index contributed by atoms with van der Waals surface area (Å²) >= 11 is 5.46. The average Bonchev–Trinajstić information content (AvgIpc) is 2.39. The number of alkyl halides is 4. The summed E-state index contributed by atoms with van der Waals surface area (Å²) in [5.41, 5.74) is -0.206. The summed E-state index contributed by atoms with van der Waals surface area (Å²) in [4.78, 5) is 22.3. The van der Waals surface area contributed by atoms with Crippen LogP contribution < -0.4 is 9.47 Å². The highest BCUT2D eigenvalue weighted by atomic mass is 35.5. The number of unbranched alkanes of at least 4 members (excludes halogenated alkanes) is 1. The number of halogens is 4. The fraction of sp³-hybridized carbons (Fsp3) is 0.385. The van der Waals surface area contributed by atoms with Crippen molar-refractivity contribution in [2.24, 2.45) is 0 Å². The van der Waals surface area contributed by atoms with Crippen molar-refractivity contribution in [3.8, 4) is 11.5 Å². The molecule has 4 nitrogen and oxygen atoms in total. The van der Waals surface area contributed by atoms with E-state index in [1.54, 1.807) is 0 Å². The van der Waals surface area contributed by atoms with Gasteiger partial charge >= 0.3 is 12.3 Å². The smallest absolute Gasteiger partial charge is 0.426 e. The van der Waals surface area contributed by atoms with E-state index in [0.717, 1.165) is 18.2 Å². The third-order valence-corrected chi connectivity index (χ3v) is 2.60. The highest BCUT2D eigenvalue weighted by molar-refractivity contribution is 6.17. The van der Waals surface area contributed by atoms with Crippen LogP contribution in [-0.4, -0.2) is 24.5 Å². The highest BCUT2D eigenvalue weighted by Gasteiger charge is 2.31. The normalized spacial score (nSPS) is 11.0. The molecule has 116 valence electrons. The van der Waals surface area contributed by atoms with Crippen molar-refractivity contribution in [1.82, 2.24) is 0 Å². The summed E-state index contributed by atoms with van der Waals surface area (Å²) in [5, 5.41) is 0. The quantitative estimate of drug-likeness (QED) is 0.252. The van der Waals surface area contributed by atoms with E-state index in [0.29, 0.717) is 18.7 Å². The van der Waals surface area contributed by atoms with E-state index in [4.69, 9.17) is 16.3 Å². The minimum Gasteiger partial charge on any atom is -0.426 e. The molecule has 0 aromatic heterocycles. The van der Waals surface area contributed by atoms with Crippen molar-refractivity contribution in [1.29, 1.82) is 0 Å². The Morgan fingerprint density at radius 2 is 2.00 bits per heavy atom. The Hall–Kier alpha value is -1.76. The first kappa shape index (κ1) is 17.3. The molecule has 0 bridgehead atoms. The molecule has 0 aliphatic carbocycles. The second-order valence-corrected chi connectivity index (χ2v) is 4.36. The summed E-state index contributed by atoms with van der Waals surface area (Å²) in [6.45, 7) is 0. The van der Waals surface area contributed by atoms with E-state index >= 15 is 0 Å². The van der Waals surface area contributed by atoms with Gasteiger partial charge in [0.25, 0.3) is 0 Å². The number of hydrogen-bond acceptors (Lipinski definition) is 4. The van der Waals surface area contributed by atoms with Crippen LogP contribution >= 0.6 is 11.6 Å². The molecule has 0 radical (unpaired) electrons. The second kappa shape index (κ2) is 7.87. The third kappa shape index (κ3) is 6.48. The maximum absolute atomic E-state index is 12.1. The van der Waals surface area contributed by atoms with Gasteiger partial charge in [-0.1, -0.05) is 0 Å². The van der Waals surface area contributed by atoms with Gasteiger partial charge in [0.15, 0.2) is 6.29 Å². The van der Waals surface area contributed by atoms with E-state index < -0.39 is 18.1 Å². The number of hydrogen-bond donors (Lipinski definition) is 0. The van der Waals surface area contributed by atoms with Crippen LogP contribution in [0.5, 0.6) is 11.5 Å². The molecule has 0 atom stereocenters. The van der Waals surface area contributed by atoms with Gasteiger partial charge in [0, 0.05) is 12.3 Å². The molecule has 0 saturated carbocycles. The lowest BCUT2D eigenvalue weighted by Gasteiger charge is -2.11. The molecule has 0 heterocycles. The van der Waals surface area contributed by atoms with E-state index in [1.165, 1.54) is 0 Å². The fourth-order valence-electron chi connectivity index (χ4n) is 1.45. The van der Waals surface area contributed by atoms with Gasteiger partial charge in [0.05, 0.1) is 5.56 Å². The Labute approximate surface area is 123 Å². The Morgan fingerprint density at radius 1 is 1.29 bits per heavy atom. The van der Waals surface area contributed by atoms with E-state index in [9.17, 15) is 22.8 Å². The van der Waals surface area contributed by atoms with Crippen molar-refractivity contribution in [2.45, 2.75) is 25.6 Å². The lowest BCUT2D eigenvalue weighted by atomic mass is 10.2. The number of esters is 1. The Morgan fingerprint density at radius 3 is 2.57 bits per heavy atom. The van der Waals surface area contributed by atoms with Crippen molar-refractivity contribution in [3.05, 3.63) is 23.8 Å². The second-order valence-electron chi connectivity index (χ2n) is 3.99. The van der Waals surface area contributed by atoms with Crippen molar-refractivity contribution < 1.29 is 32.2 Å². The van der Waals surface area contributed by atoms with Gasteiger partial charge in [-0.25, -0.2) is 0 Å². The molecule has 1 aromatic carbocycles. The standard InChI is InChI=1S/C13H12ClF3O4/c14-6-2-1-3-12(19)20-11-5-4-10(7-9(11)8-18)21-13(15,16)17/h4-5,7-8H,1-3,6H2. The lowest BCUT2D eigenvalue weighted by molar-refractivity contribution is -0.274. The zero-order valence-electron chi connectivity index (χ0n) is 10.8. The van der Waals surface area contributed by atoms with E-state index in [2.05, 4.69) is 4.74 Å². The van der Waals surface area contributed by atoms with E-state index in [-0.39, 0.29) is 24.0 Å². The highest BCUT2D eigenvalue weighted by Crippen LogP contribution is 2.27. The first-order valence-electron chi connectivity index (χ1n) is 5.97. The van der Waals surface area contributed by atoms with Crippen LogP contribution in [0.3, 0.4) is 0 Å². The first-order valence-corrected chi connectivity index (χ1v) is 6.51. The van der Waals surface area contributed by atoms with Gasteiger partial charge in [0.2, 0.25) is 0 Å². The largest absolute Gasteiger partial charge is 0.573 e. The SMILES string of the molecule is O=Cc1cc(OC(F)(F)F)ccc1OC(=O)CCCCCl. The molecule has 0 fully saturated rings.